The standard InChI is InChI=1S/C17H20N2O/c1-20-17-10-9-15(12-18-17)16-8-5-11-19(16)13-14-6-3-2-4-7-14/h2-4,6-7,9-10,12,16H,5,8,11,13H2,1H3/t16-/m0/s1. The number of nitrogens with zero attached hydrogens (tertiary/aromatic N) is 2. The number of rotatable bonds is 4. The minimum atomic E-state index is 0.480. The van der Waals surface area contributed by atoms with Crippen molar-refractivity contribution in [2.45, 2.75) is 25.4 Å². The predicted molar refractivity (Wildman–Crippen MR) is 79.6 cm³/mol. The summed E-state index contributed by atoms with van der Waals surface area (Å²) in [6.07, 6.45) is 4.41. The molecule has 0 N–H and O–H groups in total. The molecule has 104 valence electrons. The second kappa shape index (κ2) is 6.06. The van der Waals surface area contributed by atoms with Crippen LogP contribution in [0.25, 0.3) is 0 Å². The lowest BCUT2D eigenvalue weighted by molar-refractivity contribution is 0.248. The van der Waals surface area contributed by atoms with Crippen LogP contribution in [0.2, 0.25) is 0 Å². The number of aromatic nitrogens is 1. The van der Waals surface area contributed by atoms with Crippen molar-refractivity contribution in [3.05, 3.63) is 59.8 Å². The van der Waals surface area contributed by atoms with E-state index in [1.807, 2.05) is 12.3 Å². The summed E-state index contributed by atoms with van der Waals surface area (Å²) < 4.78 is 5.13. The molecule has 0 saturated carbocycles. The summed E-state index contributed by atoms with van der Waals surface area (Å²) in [6, 6.07) is 15.2. The summed E-state index contributed by atoms with van der Waals surface area (Å²) in [7, 11) is 1.65. The van der Waals surface area contributed by atoms with E-state index in [1.54, 1.807) is 7.11 Å². The molecular formula is C17H20N2O. The van der Waals surface area contributed by atoms with Crippen LogP contribution in [-0.2, 0) is 6.54 Å². The van der Waals surface area contributed by atoms with Crippen LogP contribution in [0.15, 0.2) is 48.7 Å². The average molecular weight is 268 g/mol. The maximum Gasteiger partial charge on any atom is 0.212 e. The first-order valence-electron chi connectivity index (χ1n) is 7.15. The van der Waals surface area contributed by atoms with E-state index in [0.29, 0.717) is 11.9 Å². The SMILES string of the molecule is COc1ccc([C@@H]2CCCN2Cc2ccccc2)cn1. The molecule has 0 aliphatic carbocycles. The summed E-state index contributed by atoms with van der Waals surface area (Å²) in [6.45, 7) is 2.17. The zero-order chi connectivity index (χ0) is 13.8. The van der Waals surface area contributed by atoms with Crippen molar-refractivity contribution in [2.24, 2.45) is 0 Å². The van der Waals surface area contributed by atoms with Crippen LogP contribution in [0.1, 0.15) is 30.0 Å². The Labute approximate surface area is 120 Å². The van der Waals surface area contributed by atoms with Gasteiger partial charge in [0, 0.05) is 24.8 Å². The lowest BCUT2D eigenvalue weighted by atomic mass is 10.1. The zero-order valence-corrected chi connectivity index (χ0v) is 11.8. The van der Waals surface area contributed by atoms with Gasteiger partial charge in [-0.3, -0.25) is 4.90 Å². The lowest BCUT2D eigenvalue weighted by Crippen LogP contribution is -2.22. The Bertz CT molecular complexity index is 539. The van der Waals surface area contributed by atoms with Crippen molar-refractivity contribution in [3.63, 3.8) is 0 Å². The predicted octanol–water partition coefficient (Wildman–Crippen LogP) is 3.43. The highest BCUT2D eigenvalue weighted by molar-refractivity contribution is 5.22. The molecule has 3 heteroatoms. The Morgan fingerprint density at radius 3 is 2.75 bits per heavy atom. The fourth-order valence-electron chi connectivity index (χ4n) is 2.92. The molecule has 3 nitrogen and oxygen atoms in total. The third-order valence-corrected chi connectivity index (χ3v) is 3.95. The van der Waals surface area contributed by atoms with E-state index in [0.717, 1.165) is 13.1 Å². The van der Waals surface area contributed by atoms with Gasteiger partial charge < -0.3 is 4.74 Å². The number of methoxy groups -OCH3 is 1. The normalized spacial score (nSPS) is 19.1. The van der Waals surface area contributed by atoms with Crippen LogP contribution in [0, 0.1) is 0 Å². The van der Waals surface area contributed by atoms with Gasteiger partial charge in [0.1, 0.15) is 0 Å². The number of ether oxygens (including phenoxy) is 1. The number of likely N-dealkylation sites (tertiary alicyclic amines) is 1. The summed E-state index contributed by atoms with van der Waals surface area (Å²) in [5, 5.41) is 0. The van der Waals surface area contributed by atoms with Crippen LogP contribution < -0.4 is 4.74 Å². The van der Waals surface area contributed by atoms with Gasteiger partial charge in [-0.2, -0.15) is 0 Å². The molecular weight excluding hydrogens is 248 g/mol. The smallest absolute Gasteiger partial charge is 0.212 e. The van der Waals surface area contributed by atoms with E-state index in [4.69, 9.17) is 4.74 Å². The van der Waals surface area contributed by atoms with Gasteiger partial charge in [-0.25, -0.2) is 4.98 Å². The molecule has 1 aliphatic heterocycles. The number of hydrogen-bond donors (Lipinski definition) is 0. The van der Waals surface area contributed by atoms with Gasteiger partial charge in [0.25, 0.3) is 0 Å². The van der Waals surface area contributed by atoms with Gasteiger partial charge >= 0.3 is 0 Å². The molecule has 0 amide bonds. The molecule has 0 radical (unpaired) electrons. The number of benzene rings is 1. The van der Waals surface area contributed by atoms with Crippen LogP contribution in [0.5, 0.6) is 5.88 Å². The van der Waals surface area contributed by atoms with Gasteiger partial charge in [-0.15, -0.1) is 0 Å². The molecule has 1 fully saturated rings. The van der Waals surface area contributed by atoms with E-state index in [-0.39, 0.29) is 0 Å². The molecule has 2 aromatic rings. The minimum Gasteiger partial charge on any atom is -0.481 e. The molecule has 1 aliphatic rings. The topological polar surface area (TPSA) is 25.4 Å². The van der Waals surface area contributed by atoms with Gasteiger partial charge in [0.05, 0.1) is 7.11 Å². The summed E-state index contributed by atoms with van der Waals surface area (Å²) >= 11 is 0. The molecule has 0 spiro atoms. The van der Waals surface area contributed by atoms with Crippen molar-refractivity contribution in [3.8, 4) is 5.88 Å². The van der Waals surface area contributed by atoms with Crippen LogP contribution >= 0.6 is 0 Å². The van der Waals surface area contributed by atoms with Crippen molar-refractivity contribution < 1.29 is 4.74 Å². The maximum atomic E-state index is 5.13. The largest absolute Gasteiger partial charge is 0.481 e. The van der Waals surface area contributed by atoms with Crippen molar-refractivity contribution in [1.29, 1.82) is 0 Å². The van der Waals surface area contributed by atoms with E-state index >= 15 is 0 Å². The highest BCUT2D eigenvalue weighted by atomic mass is 16.5. The zero-order valence-electron chi connectivity index (χ0n) is 11.8. The molecule has 0 unspecified atom stereocenters. The van der Waals surface area contributed by atoms with E-state index in [2.05, 4.69) is 46.3 Å². The molecule has 1 atom stereocenters. The van der Waals surface area contributed by atoms with Crippen molar-refractivity contribution in [1.82, 2.24) is 9.88 Å². The van der Waals surface area contributed by atoms with E-state index < -0.39 is 0 Å². The Balaban J connectivity index is 1.74. The minimum absolute atomic E-state index is 0.480. The molecule has 3 rings (SSSR count). The average Bonchev–Trinajstić information content (AvgIpc) is 2.96. The Kier molecular flexibility index (Phi) is 3.97. The highest BCUT2D eigenvalue weighted by Gasteiger charge is 2.26. The summed E-state index contributed by atoms with van der Waals surface area (Å²) in [5.41, 5.74) is 2.67. The molecule has 1 aromatic carbocycles. The summed E-state index contributed by atoms with van der Waals surface area (Å²) in [4.78, 5) is 6.87. The van der Waals surface area contributed by atoms with Gasteiger partial charge in [0.15, 0.2) is 0 Å². The van der Waals surface area contributed by atoms with Crippen molar-refractivity contribution in [2.75, 3.05) is 13.7 Å². The molecule has 20 heavy (non-hydrogen) atoms. The second-order valence-electron chi connectivity index (χ2n) is 5.25. The van der Waals surface area contributed by atoms with Crippen LogP contribution in [-0.4, -0.2) is 23.5 Å². The van der Waals surface area contributed by atoms with Gasteiger partial charge in [0.2, 0.25) is 5.88 Å². The first-order chi connectivity index (χ1) is 9.86. The third-order valence-electron chi connectivity index (χ3n) is 3.95. The second-order valence-corrected chi connectivity index (χ2v) is 5.25. The van der Waals surface area contributed by atoms with Gasteiger partial charge in [-0.05, 0) is 30.5 Å². The lowest BCUT2D eigenvalue weighted by Gasteiger charge is -2.24. The fraction of sp³-hybridized carbons (Fsp3) is 0.353. The first kappa shape index (κ1) is 13.1. The van der Waals surface area contributed by atoms with E-state index in [1.165, 1.54) is 24.0 Å². The maximum absolute atomic E-state index is 5.13. The number of hydrogen-bond acceptors (Lipinski definition) is 3. The Morgan fingerprint density at radius 1 is 1.20 bits per heavy atom. The quantitative estimate of drug-likeness (QED) is 0.849. The van der Waals surface area contributed by atoms with E-state index in [9.17, 15) is 0 Å². The number of pyridine rings is 1. The fourth-order valence-corrected chi connectivity index (χ4v) is 2.92. The van der Waals surface area contributed by atoms with Gasteiger partial charge in [-0.1, -0.05) is 36.4 Å². The Hall–Kier alpha value is -1.87. The highest BCUT2D eigenvalue weighted by Crippen LogP contribution is 2.33. The van der Waals surface area contributed by atoms with Crippen LogP contribution in [0.4, 0.5) is 0 Å². The molecule has 0 bridgehead atoms. The summed E-state index contributed by atoms with van der Waals surface area (Å²) in [5.74, 6) is 0.682. The Morgan fingerprint density at radius 2 is 2.05 bits per heavy atom. The van der Waals surface area contributed by atoms with Crippen molar-refractivity contribution >= 4 is 0 Å². The molecule has 2 heterocycles. The van der Waals surface area contributed by atoms with Crippen LogP contribution in [0.3, 0.4) is 0 Å². The molecule has 1 saturated heterocycles. The third kappa shape index (κ3) is 2.83. The monoisotopic (exact) mass is 268 g/mol. The first-order valence-corrected chi connectivity index (χ1v) is 7.15. The molecule has 1 aromatic heterocycles.